The fraction of sp³-hybridized carbons (Fsp3) is 0.0833. The number of nitrogens with zero attached hydrogens (tertiary/aromatic N) is 3. The second-order valence-electron chi connectivity index (χ2n) is 3.52. The van der Waals surface area contributed by atoms with Crippen LogP contribution in [0.4, 0.5) is 4.39 Å². The van der Waals surface area contributed by atoms with Crippen molar-refractivity contribution in [2.45, 2.75) is 0 Å². The molecule has 0 unspecified atom stereocenters. The van der Waals surface area contributed by atoms with Gasteiger partial charge in [0.25, 0.3) is 0 Å². The maximum atomic E-state index is 12.8. The van der Waals surface area contributed by atoms with Gasteiger partial charge in [0.15, 0.2) is 0 Å². The molecule has 1 heterocycles. The Bertz CT molecular complexity index is 653. The fourth-order valence-electron chi connectivity index (χ4n) is 1.45. The molecule has 1 aromatic carbocycles. The van der Waals surface area contributed by atoms with E-state index in [1.165, 1.54) is 42.1 Å². The minimum atomic E-state index is -0.455. The van der Waals surface area contributed by atoms with Gasteiger partial charge in [-0.05, 0) is 24.3 Å². The Morgan fingerprint density at radius 2 is 2.00 bits per heavy atom. The molecule has 2 aromatic rings. The Labute approximate surface area is 96.6 Å². The van der Waals surface area contributed by atoms with Gasteiger partial charge in [0.05, 0.1) is 11.3 Å². The third kappa shape index (κ3) is 2.06. The molecule has 0 saturated carbocycles. The van der Waals surface area contributed by atoms with Crippen molar-refractivity contribution in [1.29, 1.82) is 5.26 Å². The lowest BCUT2D eigenvalue weighted by molar-refractivity contribution is 0.628. The predicted octanol–water partition coefficient (Wildman–Crippen LogP) is 1.46. The van der Waals surface area contributed by atoms with E-state index in [9.17, 15) is 9.18 Å². The highest BCUT2D eigenvalue weighted by molar-refractivity contribution is 5.65. The van der Waals surface area contributed by atoms with Crippen molar-refractivity contribution in [3.05, 3.63) is 52.3 Å². The van der Waals surface area contributed by atoms with Gasteiger partial charge in [-0.15, -0.1) is 0 Å². The number of hydrogen-bond acceptors (Lipinski definition) is 3. The van der Waals surface area contributed by atoms with Crippen molar-refractivity contribution >= 4 is 0 Å². The Morgan fingerprint density at radius 1 is 1.35 bits per heavy atom. The Balaban J connectivity index is 2.67. The molecule has 0 spiro atoms. The summed E-state index contributed by atoms with van der Waals surface area (Å²) in [5.41, 5.74) is 0.637. The normalized spacial score (nSPS) is 9.94. The van der Waals surface area contributed by atoms with Gasteiger partial charge >= 0.3 is 5.69 Å². The van der Waals surface area contributed by atoms with Crippen LogP contribution >= 0.6 is 0 Å². The van der Waals surface area contributed by atoms with E-state index >= 15 is 0 Å². The smallest absolute Gasteiger partial charge is 0.301 e. The number of hydrogen-bond donors (Lipinski definition) is 0. The van der Waals surface area contributed by atoms with Crippen LogP contribution in [0, 0.1) is 17.1 Å². The number of aromatic nitrogens is 2. The summed E-state index contributed by atoms with van der Waals surface area (Å²) in [6, 6.07) is 7.45. The summed E-state index contributed by atoms with van der Waals surface area (Å²) in [6.45, 7) is 0. The molecule has 1 aromatic heterocycles. The molecule has 17 heavy (non-hydrogen) atoms. The van der Waals surface area contributed by atoms with Gasteiger partial charge in [-0.3, -0.25) is 0 Å². The number of benzene rings is 1. The van der Waals surface area contributed by atoms with Gasteiger partial charge < -0.3 is 4.57 Å². The van der Waals surface area contributed by atoms with E-state index in [-0.39, 0.29) is 17.1 Å². The van der Waals surface area contributed by atoms with Crippen LogP contribution in [0.2, 0.25) is 0 Å². The summed E-state index contributed by atoms with van der Waals surface area (Å²) in [4.78, 5) is 15.2. The number of halogens is 1. The number of nitriles is 1. The second kappa shape index (κ2) is 4.18. The zero-order valence-corrected chi connectivity index (χ0v) is 9.01. The van der Waals surface area contributed by atoms with E-state index in [1.54, 1.807) is 0 Å². The van der Waals surface area contributed by atoms with Crippen molar-refractivity contribution in [3.8, 4) is 17.3 Å². The maximum absolute atomic E-state index is 12.8. The monoisotopic (exact) mass is 229 g/mol. The number of rotatable bonds is 1. The molecule has 2 rings (SSSR count). The summed E-state index contributed by atoms with van der Waals surface area (Å²) < 4.78 is 14.0. The zero-order chi connectivity index (χ0) is 12.4. The van der Waals surface area contributed by atoms with Crippen LogP contribution in [0.5, 0.6) is 0 Å². The van der Waals surface area contributed by atoms with E-state index in [1.807, 2.05) is 6.07 Å². The Morgan fingerprint density at radius 3 is 2.59 bits per heavy atom. The highest BCUT2D eigenvalue weighted by Gasteiger charge is 2.09. The average molecular weight is 229 g/mol. The van der Waals surface area contributed by atoms with Gasteiger partial charge in [0.2, 0.25) is 0 Å². The molecule has 0 fully saturated rings. The van der Waals surface area contributed by atoms with Crippen LogP contribution in [0.1, 0.15) is 5.56 Å². The molecule has 0 bridgehead atoms. The minimum Gasteiger partial charge on any atom is -0.301 e. The predicted molar refractivity (Wildman–Crippen MR) is 59.6 cm³/mol. The third-order valence-corrected chi connectivity index (χ3v) is 2.33. The van der Waals surface area contributed by atoms with Crippen molar-refractivity contribution in [2.75, 3.05) is 0 Å². The van der Waals surface area contributed by atoms with Gasteiger partial charge in [0.1, 0.15) is 11.9 Å². The van der Waals surface area contributed by atoms with Crippen LogP contribution < -0.4 is 5.69 Å². The summed E-state index contributed by atoms with van der Waals surface area (Å²) in [5, 5.41) is 8.97. The molecule has 0 saturated heterocycles. The quantitative estimate of drug-likeness (QED) is 0.743. The largest absolute Gasteiger partial charge is 0.347 e. The molecule has 0 radical (unpaired) electrons. The molecule has 0 aliphatic heterocycles. The van der Waals surface area contributed by atoms with Gasteiger partial charge in [-0.2, -0.15) is 10.2 Å². The lowest BCUT2D eigenvalue weighted by atomic mass is 10.1. The van der Waals surface area contributed by atoms with Gasteiger partial charge in [0, 0.05) is 18.8 Å². The van der Waals surface area contributed by atoms with Gasteiger partial charge in [-0.1, -0.05) is 0 Å². The molecular formula is C12H8FN3O. The highest BCUT2D eigenvalue weighted by atomic mass is 19.1. The summed E-state index contributed by atoms with van der Waals surface area (Å²) in [6.07, 6.45) is 1.41. The molecule has 0 N–H and O–H groups in total. The SMILES string of the molecule is Cn1cc(C#N)c(-c2ccc(F)cc2)nc1=O. The molecule has 0 atom stereocenters. The molecule has 5 heteroatoms. The van der Waals surface area contributed by atoms with Crippen LogP contribution in [0.3, 0.4) is 0 Å². The van der Waals surface area contributed by atoms with Crippen LogP contribution in [0.25, 0.3) is 11.3 Å². The molecule has 0 aliphatic carbocycles. The van der Waals surface area contributed by atoms with Crippen LogP contribution in [0.15, 0.2) is 35.3 Å². The van der Waals surface area contributed by atoms with Crippen molar-refractivity contribution in [2.24, 2.45) is 7.05 Å². The topological polar surface area (TPSA) is 58.7 Å². The maximum Gasteiger partial charge on any atom is 0.347 e. The van der Waals surface area contributed by atoms with E-state index in [0.29, 0.717) is 5.56 Å². The van der Waals surface area contributed by atoms with E-state index in [2.05, 4.69) is 4.98 Å². The standard InChI is InChI=1S/C12H8FN3O/c1-16-7-9(6-14)11(15-12(16)17)8-2-4-10(13)5-3-8/h2-5,7H,1H3. The van der Waals surface area contributed by atoms with Crippen molar-refractivity contribution < 1.29 is 4.39 Å². The average Bonchev–Trinajstić information content (AvgIpc) is 2.33. The molecular weight excluding hydrogens is 221 g/mol. The summed E-state index contributed by atoms with van der Waals surface area (Å²) >= 11 is 0. The van der Waals surface area contributed by atoms with Gasteiger partial charge in [-0.25, -0.2) is 9.18 Å². The Kier molecular flexibility index (Phi) is 2.71. The first-order chi connectivity index (χ1) is 8.11. The first kappa shape index (κ1) is 11.0. The van der Waals surface area contributed by atoms with E-state index in [4.69, 9.17) is 5.26 Å². The molecule has 0 amide bonds. The Hall–Kier alpha value is -2.48. The number of aryl methyl sites for hydroxylation is 1. The van der Waals surface area contributed by atoms with Crippen LogP contribution in [-0.4, -0.2) is 9.55 Å². The summed E-state index contributed by atoms with van der Waals surface area (Å²) in [5.74, 6) is -0.379. The van der Waals surface area contributed by atoms with E-state index < -0.39 is 5.69 Å². The minimum absolute atomic E-state index is 0.274. The zero-order valence-electron chi connectivity index (χ0n) is 9.01. The molecule has 84 valence electrons. The van der Waals surface area contributed by atoms with Crippen LogP contribution in [-0.2, 0) is 7.05 Å². The highest BCUT2D eigenvalue weighted by Crippen LogP contribution is 2.19. The van der Waals surface area contributed by atoms with E-state index in [0.717, 1.165) is 0 Å². The first-order valence-corrected chi connectivity index (χ1v) is 4.85. The first-order valence-electron chi connectivity index (χ1n) is 4.85. The molecule has 4 nitrogen and oxygen atoms in total. The van der Waals surface area contributed by atoms with Crippen molar-refractivity contribution in [3.63, 3.8) is 0 Å². The fourth-order valence-corrected chi connectivity index (χ4v) is 1.45. The molecule has 0 aliphatic rings. The third-order valence-electron chi connectivity index (χ3n) is 2.33. The lowest BCUT2D eigenvalue weighted by Crippen LogP contribution is -2.20. The lowest BCUT2D eigenvalue weighted by Gasteiger charge is -2.04. The van der Waals surface area contributed by atoms with Crippen molar-refractivity contribution in [1.82, 2.24) is 9.55 Å². The second-order valence-corrected chi connectivity index (χ2v) is 3.52. The summed E-state index contributed by atoms with van der Waals surface area (Å²) in [7, 11) is 1.52.